The van der Waals surface area contributed by atoms with Crippen LogP contribution in [0.25, 0.3) is 0 Å². The fourth-order valence-corrected chi connectivity index (χ4v) is 3.98. The molecule has 1 unspecified atom stereocenters. The number of nitrogens with zero attached hydrogens (tertiary/aromatic N) is 5. The summed E-state index contributed by atoms with van der Waals surface area (Å²) in [5.74, 6) is 1.82. The van der Waals surface area contributed by atoms with E-state index in [1.165, 1.54) is 18.4 Å². The molecule has 0 radical (unpaired) electrons. The second kappa shape index (κ2) is 12.6. The minimum atomic E-state index is 0. The predicted molar refractivity (Wildman–Crippen MR) is 136 cm³/mol. The molecule has 0 bridgehead atoms. The van der Waals surface area contributed by atoms with Crippen molar-refractivity contribution in [2.45, 2.75) is 38.9 Å². The molecule has 0 amide bonds. The molecule has 3 heterocycles. The van der Waals surface area contributed by atoms with Crippen molar-refractivity contribution < 1.29 is 4.42 Å². The van der Waals surface area contributed by atoms with Gasteiger partial charge in [-0.25, -0.2) is 14.7 Å². The van der Waals surface area contributed by atoms with Gasteiger partial charge in [-0.15, -0.1) is 24.0 Å². The summed E-state index contributed by atoms with van der Waals surface area (Å²) in [5.41, 5.74) is 2.35. The average Bonchev–Trinajstić information content (AvgIpc) is 3.56. The lowest BCUT2D eigenvalue weighted by molar-refractivity contribution is 0.215. The molecule has 1 aliphatic heterocycles. The zero-order valence-electron chi connectivity index (χ0n) is 18.5. The molecule has 1 aromatic carbocycles. The summed E-state index contributed by atoms with van der Waals surface area (Å²) >= 11 is 0. The standard InChI is InChI=1S/C23H31N7O.HI/c1-2-25-23(27-15-21(22-9-6-12-31-22)29-10-3-4-11-29)26-14-19-7-5-8-20(13-19)16-30-18-24-17-28-30;/h5-9,12-13,17-18,21H,2-4,10-11,14-16H2,1H3,(H2,25,26,27);1H. The molecule has 3 aromatic rings. The first kappa shape index (κ1) is 24.2. The summed E-state index contributed by atoms with van der Waals surface area (Å²) in [6, 6.07) is 12.7. The first-order chi connectivity index (χ1) is 15.3. The molecule has 32 heavy (non-hydrogen) atoms. The molecule has 1 fully saturated rings. The van der Waals surface area contributed by atoms with Gasteiger partial charge in [0.2, 0.25) is 0 Å². The normalized spacial score (nSPS) is 15.3. The molecule has 9 heteroatoms. The van der Waals surface area contributed by atoms with E-state index in [1.54, 1.807) is 18.9 Å². The Morgan fingerprint density at radius 2 is 2.00 bits per heavy atom. The van der Waals surface area contributed by atoms with E-state index in [0.717, 1.165) is 43.5 Å². The molecule has 2 N–H and O–H groups in total. The Morgan fingerprint density at radius 3 is 2.72 bits per heavy atom. The number of aliphatic imine (C=N–C) groups is 1. The summed E-state index contributed by atoms with van der Waals surface area (Å²) in [6.45, 7) is 7.18. The minimum Gasteiger partial charge on any atom is -0.468 e. The summed E-state index contributed by atoms with van der Waals surface area (Å²) in [7, 11) is 0. The third-order valence-corrected chi connectivity index (χ3v) is 5.48. The number of nitrogens with one attached hydrogen (secondary N) is 2. The van der Waals surface area contributed by atoms with Gasteiger partial charge in [-0.2, -0.15) is 5.10 Å². The van der Waals surface area contributed by atoms with Crippen LogP contribution in [0.3, 0.4) is 0 Å². The lowest BCUT2D eigenvalue weighted by atomic mass is 10.1. The van der Waals surface area contributed by atoms with Crippen LogP contribution in [0, 0.1) is 0 Å². The first-order valence-electron chi connectivity index (χ1n) is 11.0. The van der Waals surface area contributed by atoms with E-state index in [4.69, 9.17) is 9.41 Å². The summed E-state index contributed by atoms with van der Waals surface area (Å²) in [6.07, 6.45) is 7.53. The van der Waals surface area contributed by atoms with Gasteiger partial charge in [-0.1, -0.05) is 24.3 Å². The molecule has 1 aliphatic rings. The molecule has 4 rings (SSSR count). The van der Waals surface area contributed by atoms with Gasteiger partial charge in [0.25, 0.3) is 0 Å². The van der Waals surface area contributed by atoms with Crippen molar-refractivity contribution in [3.05, 3.63) is 72.2 Å². The van der Waals surface area contributed by atoms with Crippen molar-refractivity contribution in [1.29, 1.82) is 0 Å². The van der Waals surface area contributed by atoms with Crippen LogP contribution in [-0.4, -0.2) is 51.8 Å². The van der Waals surface area contributed by atoms with Gasteiger partial charge in [0.1, 0.15) is 18.4 Å². The van der Waals surface area contributed by atoms with Crippen molar-refractivity contribution in [3.8, 4) is 0 Å². The van der Waals surface area contributed by atoms with Gasteiger partial charge in [0.15, 0.2) is 5.96 Å². The van der Waals surface area contributed by atoms with Crippen LogP contribution >= 0.6 is 24.0 Å². The fourth-order valence-electron chi connectivity index (χ4n) is 3.98. The van der Waals surface area contributed by atoms with E-state index in [1.807, 2.05) is 10.7 Å². The molecular formula is C23H32IN7O. The molecule has 1 saturated heterocycles. The number of hydrogen-bond donors (Lipinski definition) is 2. The van der Waals surface area contributed by atoms with Crippen LogP contribution in [0.1, 0.15) is 42.7 Å². The quantitative estimate of drug-likeness (QED) is 0.242. The molecule has 172 valence electrons. The summed E-state index contributed by atoms with van der Waals surface area (Å²) in [4.78, 5) is 11.3. The van der Waals surface area contributed by atoms with Crippen molar-refractivity contribution in [1.82, 2.24) is 30.3 Å². The molecule has 0 aliphatic carbocycles. The third-order valence-electron chi connectivity index (χ3n) is 5.48. The largest absolute Gasteiger partial charge is 0.468 e. The van der Waals surface area contributed by atoms with E-state index in [2.05, 4.69) is 62.9 Å². The molecular weight excluding hydrogens is 517 g/mol. The van der Waals surface area contributed by atoms with Crippen LogP contribution in [0.4, 0.5) is 0 Å². The lowest BCUT2D eigenvalue weighted by Gasteiger charge is -2.26. The van der Waals surface area contributed by atoms with Crippen molar-refractivity contribution >= 4 is 29.9 Å². The Morgan fingerprint density at radius 1 is 1.16 bits per heavy atom. The highest BCUT2D eigenvalue weighted by Crippen LogP contribution is 2.24. The Hall–Kier alpha value is -2.40. The Bertz CT molecular complexity index is 937. The van der Waals surface area contributed by atoms with E-state index in [0.29, 0.717) is 13.1 Å². The molecule has 2 aromatic heterocycles. The average molecular weight is 549 g/mol. The number of aromatic nitrogens is 3. The zero-order valence-corrected chi connectivity index (χ0v) is 20.8. The number of benzene rings is 1. The zero-order chi connectivity index (χ0) is 21.3. The number of hydrogen-bond acceptors (Lipinski definition) is 5. The van der Waals surface area contributed by atoms with Gasteiger partial charge < -0.3 is 15.1 Å². The van der Waals surface area contributed by atoms with Gasteiger partial charge in [0.05, 0.1) is 25.4 Å². The predicted octanol–water partition coefficient (Wildman–Crippen LogP) is 3.43. The maximum absolute atomic E-state index is 5.73. The Balaban J connectivity index is 0.00000289. The van der Waals surface area contributed by atoms with Crippen molar-refractivity contribution in [3.63, 3.8) is 0 Å². The van der Waals surface area contributed by atoms with Crippen LogP contribution in [-0.2, 0) is 13.1 Å². The van der Waals surface area contributed by atoms with Crippen molar-refractivity contribution in [2.75, 3.05) is 26.2 Å². The second-order valence-electron chi connectivity index (χ2n) is 7.76. The van der Waals surface area contributed by atoms with E-state index in [-0.39, 0.29) is 30.0 Å². The second-order valence-corrected chi connectivity index (χ2v) is 7.76. The van der Waals surface area contributed by atoms with Gasteiger partial charge in [-0.05, 0) is 56.1 Å². The molecule has 1 atom stereocenters. The number of halogens is 1. The maximum atomic E-state index is 5.73. The molecule has 0 saturated carbocycles. The molecule has 0 spiro atoms. The first-order valence-corrected chi connectivity index (χ1v) is 11.0. The highest BCUT2D eigenvalue weighted by Gasteiger charge is 2.25. The fraction of sp³-hybridized carbons (Fsp3) is 0.435. The highest BCUT2D eigenvalue weighted by molar-refractivity contribution is 14.0. The van der Waals surface area contributed by atoms with Crippen LogP contribution < -0.4 is 10.6 Å². The minimum absolute atomic E-state index is 0. The topological polar surface area (TPSA) is 83.5 Å². The lowest BCUT2D eigenvalue weighted by Crippen LogP contribution is -2.42. The van der Waals surface area contributed by atoms with Crippen molar-refractivity contribution in [2.24, 2.45) is 4.99 Å². The van der Waals surface area contributed by atoms with Gasteiger partial charge >= 0.3 is 0 Å². The molecule has 8 nitrogen and oxygen atoms in total. The third kappa shape index (κ3) is 6.80. The number of rotatable bonds is 9. The van der Waals surface area contributed by atoms with Crippen LogP contribution in [0.2, 0.25) is 0 Å². The number of furan rings is 1. The van der Waals surface area contributed by atoms with E-state index < -0.39 is 0 Å². The van der Waals surface area contributed by atoms with Gasteiger partial charge in [0, 0.05) is 13.1 Å². The number of likely N-dealkylation sites (tertiary alicyclic amines) is 1. The Labute approximate surface area is 206 Å². The Kier molecular flexibility index (Phi) is 9.54. The van der Waals surface area contributed by atoms with E-state index >= 15 is 0 Å². The number of guanidine groups is 1. The monoisotopic (exact) mass is 549 g/mol. The highest BCUT2D eigenvalue weighted by atomic mass is 127. The van der Waals surface area contributed by atoms with Crippen LogP contribution in [0.15, 0.2) is 64.7 Å². The smallest absolute Gasteiger partial charge is 0.191 e. The maximum Gasteiger partial charge on any atom is 0.191 e. The summed E-state index contributed by atoms with van der Waals surface area (Å²) in [5, 5.41) is 11.1. The van der Waals surface area contributed by atoms with Gasteiger partial charge in [-0.3, -0.25) is 4.90 Å². The SMILES string of the molecule is CCNC(=NCc1cccc(Cn2cncn2)c1)NCC(c1ccco1)N1CCCC1.I. The van der Waals surface area contributed by atoms with E-state index in [9.17, 15) is 0 Å². The summed E-state index contributed by atoms with van der Waals surface area (Å²) < 4.78 is 7.55. The van der Waals surface area contributed by atoms with Crippen LogP contribution in [0.5, 0.6) is 0 Å².